The number of nitro benzene ring substituents is 1. The fourth-order valence-corrected chi connectivity index (χ4v) is 3.36. The Morgan fingerprint density at radius 2 is 1.86 bits per heavy atom. The van der Waals surface area contributed by atoms with E-state index in [0.717, 1.165) is 13.2 Å². The zero-order chi connectivity index (χ0) is 25.9. The third-order valence-corrected chi connectivity index (χ3v) is 5.35. The van der Waals surface area contributed by atoms with Crippen molar-refractivity contribution < 1.29 is 37.2 Å². The molecule has 3 aromatic rings. The summed E-state index contributed by atoms with van der Waals surface area (Å²) in [5.74, 6) is -2.18. The van der Waals surface area contributed by atoms with Gasteiger partial charge in [0.05, 0.1) is 23.2 Å². The van der Waals surface area contributed by atoms with Crippen LogP contribution in [0.3, 0.4) is 0 Å². The number of methoxy groups -OCH3 is 1. The normalized spacial score (nSPS) is 11.0. The molecule has 9 nitrogen and oxygen atoms in total. The molecule has 0 saturated heterocycles. The number of hydrogen-bond donors (Lipinski definition) is 1. The number of non-ortho nitro benzene ring substituents is 1. The number of aromatic nitrogens is 1. The lowest BCUT2D eigenvalue weighted by molar-refractivity contribution is -0.384. The van der Waals surface area contributed by atoms with Crippen molar-refractivity contribution >= 4 is 50.8 Å². The second kappa shape index (κ2) is 10.3. The van der Waals surface area contributed by atoms with Crippen molar-refractivity contribution in [2.24, 2.45) is 0 Å². The second-order valence-electron chi connectivity index (χ2n) is 6.69. The minimum Gasteiger partial charge on any atom is -0.465 e. The van der Waals surface area contributed by atoms with E-state index in [4.69, 9.17) is 21.1 Å². The van der Waals surface area contributed by atoms with Crippen molar-refractivity contribution in [2.75, 3.05) is 12.4 Å². The fourth-order valence-electron chi connectivity index (χ4n) is 2.73. The van der Waals surface area contributed by atoms with Gasteiger partial charge in [-0.05, 0) is 46.3 Å². The van der Waals surface area contributed by atoms with Crippen LogP contribution < -0.4 is 10.1 Å². The highest BCUT2D eigenvalue weighted by Crippen LogP contribution is 2.36. The molecule has 35 heavy (non-hydrogen) atoms. The van der Waals surface area contributed by atoms with Crippen LogP contribution in [-0.4, -0.2) is 28.9 Å². The van der Waals surface area contributed by atoms with Crippen molar-refractivity contribution in [3.8, 4) is 11.6 Å². The number of pyridine rings is 1. The number of esters is 1. The highest BCUT2D eigenvalue weighted by molar-refractivity contribution is 9.10. The lowest BCUT2D eigenvalue weighted by Gasteiger charge is -2.14. The number of ether oxygens (including phenoxy) is 2. The number of hydrogen-bond acceptors (Lipinski definition) is 7. The van der Waals surface area contributed by atoms with E-state index in [1.165, 1.54) is 30.3 Å². The summed E-state index contributed by atoms with van der Waals surface area (Å²) in [5, 5.41) is 13.0. The highest BCUT2D eigenvalue weighted by atomic mass is 79.9. The van der Waals surface area contributed by atoms with E-state index >= 15 is 0 Å². The maximum absolute atomic E-state index is 12.8. The van der Waals surface area contributed by atoms with Gasteiger partial charge in [-0.15, -0.1) is 0 Å². The van der Waals surface area contributed by atoms with Crippen LogP contribution in [0.4, 0.5) is 24.5 Å². The molecule has 2 aromatic carbocycles. The fraction of sp³-hybridized carbons (Fsp3) is 0.0952. The van der Waals surface area contributed by atoms with Gasteiger partial charge in [0, 0.05) is 28.5 Å². The van der Waals surface area contributed by atoms with Crippen molar-refractivity contribution in [3.05, 3.63) is 85.0 Å². The van der Waals surface area contributed by atoms with E-state index in [1.807, 2.05) is 0 Å². The first kappa shape index (κ1) is 25.9. The topological polar surface area (TPSA) is 121 Å². The Labute approximate surface area is 208 Å². The smallest absolute Gasteiger partial charge is 0.417 e. The molecule has 0 spiro atoms. The molecule has 1 aromatic heterocycles. The van der Waals surface area contributed by atoms with E-state index in [0.29, 0.717) is 12.3 Å². The summed E-state index contributed by atoms with van der Waals surface area (Å²) in [7, 11) is 1.08. The van der Waals surface area contributed by atoms with Crippen LogP contribution >= 0.6 is 27.5 Å². The van der Waals surface area contributed by atoms with Crippen LogP contribution in [0, 0.1) is 10.1 Å². The van der Waals surface area contributed by atoms with Gasteiger partial charge in [0.2, 0.25) is 5.88 Å². The molecular weight excluding hydrogens is 563 g/mol. The van der Waals surface area contributed by atoms with Gasteiger partial charge in [0.25, 0.3) is 11.6 Å². The first-order valence-electron chi connectivity index (χ1n) is 9.29. The van der Waals surface area contributed by atoms with Crippen molar-refractivity contribution in [3.63, 3.8) is 0 Å². The average molecular weight is 575 g/mol. The molecule has 3 rings (SSSR count). The van der Waals surface area contributed by atoms with Crippen molar-refractivity contribution in [1.82, 2.24) is 4.98 Å². The molecule has 0 saturated carbocycles. The van der Waals surface area contributed by atoms with Gasteiger partial charge in [0.15, 0.2) is 0 Å². The number of carbonyl (C=O) groups excluding carboxylic acids is 2. The summed E-state index contributed by atoms with van der Waals surface area (Å²) in [4.78, 5) is 38.8. The number of carbonyl (C=O) groups is 2. The van der Waals surface area contributed by atoms with Crippen LogP contribution in [0.2, 0.25) is 5.02 Å². The number of benzene rings is 2. The highest BCUT2D eigenvalue weighted by Gasteiger charge is 2.32. The van der Waals surface area contributed by atoms with Crippen molar-refractivity contribution in [2.45, 2.75) is 6.18 Å². The minimum absolute atomic E-state index is 0.0418. The van der Waals surface area contributed by atoms with Gasteiger partial charge in [-0.2, -0.15) is 13.2 Å². The van der Waals surface area contributed by atoms with Crippen LogP contribution in [0.15, 0.2) is 53.1 Å². The number of halogens is 5. The van der Waals surface area contributed by atoms with E-state index < -0.39 is 39.4 Å². The monoisotopic (exact) mass is 573 g/mol. The summed E-state index contributed by atoms with van der Waals surface area (Å²) in [5.41, 5.74) is -1.56. The lowest BCUT2D eigenvalue weighted by atomic mass is 10.1. The molecule has 1 amide bonds. The largest absolute Gasteiger partial charge is 0.465 e. The minimum atomic E-state index is -4.67. The van der Waals surface area contributed by atoms with Gasteiger partial charge in [-0.1, -0.05) is 11.6 Å². The summed E-state index contributed by atoms with van der Waals surface area (Å²) in [6, 6.07) is 7.97. The number of alkyl halides is 3. The Kier molecular flexibility index (Phi) is 7.60. The predicted molar refractivity (Wildman–Crippen MR) is 121 cm³/mol. The molecular formula is C21H12BrClF3N3O6. The number of nitrogens with zero attached hydrogens (tertiary/aromatic N) is 2. The zero-order valence-electron chi connectivity index (χ0n) is 17.4. The molecule has 0 bridgehead atoms. The van der Waals surface area contributed by atoms with Gasteiger partial charge in [0.1, 0.15) is 16.3 Å². The van der Waals surface area contributed by atoms with Crippen LogP contribution in [0.25, 0.3) is 0 Å². The molecule has 182 valence electrons. The number of nitro groups is 1. The Hall–Kier alpha value is -3.71. The number of nitrogens with one attached hydrogen (secondary N) is 1. The zero-order valence-corrected chi connectivity index (χ0v) is 19.7. The first-order chi connectivity index (χ1) is 16.4. The Morgan fingerprint density at radius 1 is 1.14 bits per heavy atom. The quantitative estimate of drug-likeness (QED) is 0.210. The number of rotatable bonds is 6. The van der Waals surface area contributed by atoms with E-state index in [2.05, 4.69) is 26.2 Å². The summed E-state index contributed by atoms with van der Waals surface area (Å²) in [6.07, 6.45) is -4.15. The number of amides is 1. The molecule has 14 heteroatoms. The molecule has 0 unspecified atom stereocenters. The summed E-state index contributed by atoms with van der Waals surface area (Å²) in [6.45, 7) is 0. The van der Waals surface area contributed by atoms with Crippen molar-refractivity contribution in [1.29, 1.82) is 0 Å². The maximum Gasteiger partial charge on any atom is 0.417 e. The molecule has 0 aliphatic heterocycles. The standard InChI is InChI=1S/C21H12BrClF3N3O6/c1-34-20(31)14-7-11(28-18(30)13-8-12(29(32)33)3-4-15(13)22)2-5-17(14)35-19-16(23)6-10(9-27-19)21(24,25)26/h2-9H,1H3,(H,28,30). The van der Waals surface area contributed by atoms with Crippen LogP contribution in [0.5, 0.6) is 11.6 Å². The average Bonchev–Trinajstić information content (AvgIpc) is 2.80. The molecule has 0 atom stereocenters. The van der Waals surface area contributed by atoms with Gasteiger partial charge < -0.3 is 14.8 Å². The van der Waals surface area contributed by atoms with Gasteiger partial charge in [-0.25, -0.2) is 9.78 Å². The van der Waals surface area contributed by atoms with E-state index in [-0.39, 0.29) is 32.7 Å². The van der Waals surface area contributed by atoms with Crippen LogP contribution in [0.1, 0.15) is 26.3 Å². The summed E-state index contributed by atoms with van der Waals surface area (Å²) < 4.78 is 48.9. The number of anilines is 1. The second-order valence-corrected chi connectivity index (χ2v) is 7.95. The SMILES string of the molecule is COC(=O)c1cc(NC(=O)c2cc([N+](=O)[O-])ccc2Br)ccc1Oc1ncc(C(F)(F)F)cc1Cl. The molecule has 1 N–H and O–H groups in total. The van der Waals surface area contributed by atoms with Gasteiger partial charge >= 0.3 is 12.1 Å². The van der Waals surface area contributed by atoms with E-state index in [9.17, 15) is 32.9 Å². The Morgan fingerprint density at radius 3 is 2.46 bits per heavy atom. The first-order valence-corrected chi connectivity index (χ1v) is 10.5. The Balaban J connectivity index is 1.91. The summed E-state index contributed by atoms with van der Waals surface area (Å²) >= 11 is 9.00. The molecule has 1 heterocycles. The molecule has 0 fully saturated rings. The van der Waals surface area contributed by atoms with E-state index in [1.54, 1.807) is 0 Å². The lowest BCUT2D eigenvalue weighted by Crippen LogP contribution is -2.14. The maximum atomic E-state index is 12.8. The van der Waals surface area contributed by atoms with Gasteiger partial charge in [-0.3, -0.25) is 14.9 Å². The Bertz CT molecular complexity index is 1340. The predicted octanol–water partition coefficient (Wildman–Crippen LogP) is 6.26. The molecule has 0 aliphatic carbocycles. The third-order valence-electron chi connectivity index (χ3n) is 4.39. The molecule has 0 aliphatic rings. The molecule has 0 radical (unpaired) electrons. The van der Waals surface area contributed by atoms with Crippen LogP contribution in [-0.2, 0) is 10.9 Å². The third kappa shape index (κ3) is 6.05.